The Hall–Kier alpha value is -1.57. The van der Waals surface area contributed by atoms with Gasteiger partial charge in [-0.25, -0.2) is 0 Å². The number of nitriles is 1. The summed E-state index contributed by atoms with van der Waals surface area (Å²) in [5, 5.41) is 21.6. The van der Waals surface area contributed by atoms with Crippen LogP contribution in [0.2, 0.25) is 0 Å². The molecule has 0 aliphatic carbocycles. The van der Waals surface area contributed by atoms with Crippen molar-refractivity contribution in [2.75, 3.05) is 32.1 Å². The molecule has 2 N–H and O–H groups in total. The van der Waals surface area contributed by atoms with Crippen LogP contribution in [0.5, 0.6) is 0 Å². The van der Waals surface area contributed by atoms with Crippen molar-refractivity contribution in [1.29, 1.82) is 5.26 Å². The van der Waals surface area contributed by atoms with Crippen molar-refractivity contribution in [3.05, 3.63) is 29.8 Å². The summed E-state index contributed by atoms with van der Waals surface area (Å²) in [5.74, 6) is 0. The molecular weight excluding hydrogens is 214 g/mol. The van der Waals surface area contributed by atoms with Gasteiger partial charge in [-0.2, -0.15) is 5.26 Å². The van der Waals surface area contributed by atoms with Crippen molar-refractivity contribution in [2.45, 2.75) is 12.5 Å². The number of aliphatic hydroxyl groups excluding tert-OH is 1. The molecule has 0 aliphatic heterocycles. The molecule has 17 heavy (non-hydrogen) atoms. The van der Waals surface area contributed by atoms with Crippen LogP contribution in [-0.4, -0.2) is 38.4 Å². The van der Waals surface area contributed by atoms with Crippen molar-refractivity contribution in [3.8, 4) is 6.07 Å². The largest absolute Gasteiger partial charge is 0.391 e. The van der Waals surface area contributed by atoms with Crippen LogP contribution < -0.4 is 10.2 Å². The Morgan fingerprint density at radius 3 is 2.94 bits per heavy atom. The average Bonchev–Trinajstić information content (AvgIpc) is 2.36. The second-order valence-electron chi connectivity index (χ2n) is 4.09. The zero-order valence-corrected chi connectivity index (χ0v) is 10.3. The number of nitrogens with one attached hydrogen (secondary N) is 1. The minimum Gasteiger partial charge on any atom is -0.391 e. The van der Waals surface area contributed by atoms with E-state index in [1.807, 2.05) is 37.2 Å². The fourth-order valence-corrected chi connectivity index (χ4v) is 1.64. The van der Waals surface area contributed by atoms with Crippen molar-refractivity contribution < 1.29 is 5.11 Å². The van der Waals surface area contributed by atoms with Gasteiger partial charge in [0.25, 0.3) is 0 Å². The topological polar surface area (TPSA) is 59.3 Å². The maximum Gasteiger partial charge on any atom is 0.0992 e. The van der Waals surface area contributed by atoms with Crippen LogP contribution in [-0.2, 0) is 0 Å². The van der Waals surface area contributed by atoms with Crippen molar-refractivity contribution in [1.82, 2.24) is 5.32 Å². The number of rotatable bonds is 6. The van der Waals surface area contributed by atoms with E-state index in [0.29, 0.717) is 12.1 Å². The summed E-state index contributed by atoms with van der Waals surface area (Å²) in [6.07, 6.45) is 0.358. The van der Waals surface area contributed by atoms with Crippen molar-refractivity contribution in [2.24, 2.45) is 0 Å². The van der Waals surface area contributed by atoms with Gasteiger partial charge in [0.15, 0.2) is 0 Å². The summed E-state index contributed by atoms with van der Waals surface area (Å²) in [6.45, 7) is 1.36. The minimum atomic E-state index is -0.363. The van der Waals surface area contributed by atoms with Gasteiger partial charge in [0.05, 0.1) is 17.7 Å². The summed E-state index contributed by atoms with van der Waals surface area (Å²) in [7, 11) is 3.78. The molecule has 0 saturated carbocycles. The van der Waals surface area contributed by atoms with Crippen LogP contribution in [0.3, 0.4) is 0 Å². The summed E-state index contributed by atoms with van der Waals surface area (Å²) in [4.78, 5) is 1.96. The number of hydrogen-bond acceptors (Lipinski definition) is 4. The number of benzene rings is 1. The zero-order chi connectivity index (χ0) is 12.7. The predicted molar refractivity (Wildman–Crippen MR) is 69.0 cm³/mol. The molecule has 0 aromatic heterocycles. The average molecular weight is 233 g/mol. The molecule has 1 aromatic rings. The molecular formula is C13H19N3O. The van der Waals surface area contributed by atoms with Crippen molar-refractivity contribution >= 4 is 5.69 Å². The Bertz CT molecular complexity index is 386. The number of anilines is 1. The molecule has 4 nitrogen and oxygen atoms in total. The molecule has 92 valence electrons. The third kappa shape index (κ3) is 4.43. The lowest BCUT2D eigenvalue weighted by atomic mass is 10.2. The number of likely N-dealkylation sites (N-methyl/N-ethyl adjacent to an activating group) is 1. The number of nitrogens with zero attached hydrogens (tertiary/aromatic N) is 2. The van der Waals surface area contributed by atoms with Gasteiger partial charge in [-0.15, -0.1) is 0 Å². The Morgan fingerprint density at radius 2 is 2.29 bits per heavy atom. The Morgan fingerprint density at radius 1 is 1.53 bits per heavy atom. The van der Waals surface area contributed by atoms with Gasteiger partial charge in [0, 0.05) is 19.3 Å². The maximum absolute atomic E-state index is 9.79. The SMILES string of the molecule is CNCCC(O)CN(C)c1cccc(C#N)c1. The van der Waals surface area contributed by atoms with Crippen LogP contribution in [0.25, 0.3) is 0 Å². The molecule has 0 amide bonds. The summed E-state index contributed by atoms with van der Waals surface area (Å²) in [5.41, 5.74) is 1.59. The molecule has 0 fully saturated rings. The maximum atomic E-state index is 9.79. The van der Waals surface area contributed by atoms with Crippen LogP contribution in [0.4, 0.5) is 5.69 Å². The van der Waals surface area contributed by atoms with Gasteiger partial charge >= 0.3 is 0 Å². The van der Waals surface area contributed by atoms with Crippen LogP contribution in [0.15, 0.2) is 24.3 Å². The first-order valence-electron chi connectivity index (χ1n) is 5.71. The summed E-state index contributed by atoms with van der Waals surface area (Å²) >= 11 is 0. The second-order valence-corrected chi connectivity index (χ2v) is 4.09. The van der Waals surface area contributed by atoms with E-state index in [0.717, 1.165) is 18.7 Å². The molecule has 0 saturated heterocycles. The molecule has 1 atom stereocenters. The van der Waals surface area contributed by atoms with Gasteiger partial charge in [0.2, 0.25) is 0 Å². The highest BCUT2D eigenvalue weighted by atomic mass is 16.3. The van der Waals surface area contributed by atoms with Crippen LogP contribution in [0.1, 0.15) is 12.0 Å². The minimum absolute atomic E-state index is 0.363. The first-order valence-corrected chi connectivity index (χ1v) is 5.71. The highest BCUT2D eigenvalue weighted by Gasteiger charge is 2.08. The molecule has 1 rings (SSSR count). The fourth-order valence-electron chi connectivity index (χ4n) is 1.64. The third-order valence-corrected chi connectivity index (χ3v) is 2.63. The molecule has 0 heterocycles. The van der Waals surface area contributed by atoms with E-state index in [9.17, 15) is 5.11 Å². The first kappa shape index (κ1) is 13.5. The fraction of sp³-hybridized carbons (Fsp3) is 0.462. The second kappa shape index (κ2) is 6.89. The van der Waals surface area contributed by atoms with Gasteiger partial charge in [-0.1, -0.05) is 6.07 Å². The van der Waals surface area contributed by atoms with E-state index >= 15 is 0 Å². The Labute approximate surface area is 102 Å². The van der Waals surface area contributed by atoms with E-state index in [2.05, 4.69) is 11.4 Å². The smallest absolute Gasteiger partial charge is 0.0992 e. The van der Waals surface area contributed by atoms with E-state index < -0.39 is 0 Å². The monoisotopic (exact) mass is 233 g/mol. The van der Waals surface area contributed by atoms with Gasteiger partial charge in [0.1, 0.15) is 0 Å². The highest BCUT2D eigenvalue weighted by Crippen LogP contribution is 2.14. The lowest BCUT2D eigenvalue weighted by Crippen LogP contribution is -2.31. The first-order chi connectivity index (χ1) is 8.17. The molecule has 0 aliphatic rings. The van der Waals surface area contributed by atoms with Gasteiger partial charge < -0.3 is 15.3 Å². The Balaban J connectivity index is 2.57. The number of hydrogen-bond donors (Lipinski definition) is 2. The lowest BCUT2D eigenvalue weighted by Gasteiger charge is -2.22. The third-order valence-electron chi connectivity index (χ3n) is 2.63. The highest BCUT2D eigenvalue weighted by molar-refractivity contribution is 5.50. The van der Waals surface area contributed by atoms with E-state index in [1.165, 1.54) is 0 Å². The normalized spacial score (nSPS) is 11.9. The quantitative estimate of drug-likeness (QED) is 0.768. The van der Waals surface area contributed by atoms with E-state index in [1.54, 1.807) is 6.07 Å². The summed E-state index contributed by atoms with van der Waals surface area (Å²) < 4.78 is 0. The van der Waals surface area contributed by atoms with Gasteiger partial charge in [-0.3, -0.25) is 0 Å². The predicted octanol–water partition coefficient (Wildman–Crippen LogP) is 0.965. The Kier molecular flexibility index (Phi) is 5.47. The van der Waals surface area contributed by atoms with E-state index in [-0.39, 0.29) is 6.10 Å². The van der Waals surface area contributed by atoms with Crippen molar-refractivity contribution in [3.63, 3.8) is 0 Å². The zero-order valence-electron chi connectivity index (χ0n) is 10.3. The molecule has 0 bridgehead atoms. The molecule has 1 unspecified atom stereocenters. The molecule has 1 aromatic carbocycles. The van der Waals surface area contributed by atoms with Crippen LogP contribution >= 0.6 is 0 Å². The van der Waals surface area contributed by atoms with Crippen LogP contribution in [0, 0.1) is 11.3 Å². The van der Waals surface area contributed by atoms with Gasteiger partial charge in [-0.05, 0) is 38.2 Å². The lowest BCUT2D eigenvalue weighted by molar-refractivity contribution is 0.171. The standard InChI is InChI=1S/C13H19N3O/c1-15-7-6-13(17)10-16(2)12-5-3-4-11(8-12)9-14/h3-5,8,13,15,17H,6-7,10H2,1-2H3. The molecule has 0 radical (unpaired) electrons. The number of aliphatic hydroxyl groups is 1. The summed E-state index contributed by atoms with van der Waals surface area (Å²) in [6, 6.07) is 9.50. The van der Waals surface area contributed by atoms with E-state index in [4.69, 9.17) is 5.26 Å². The molecule has 4 heteroatoms. The molecule has 0 spiro atoms.